The maximum atomic E-state index is 12.4. The van der Waals surface area contributed by atoms with Gasteiger partial charge in [-0.2, -0.15) is 0 Å². The molecule has 0 saturated heterocycles. The SMILES string of the molecule is CC1=CC(=O)c2c(c(C=O)c(COC(=O)Oc3ccc([N+](=O)[O-])cc3)n2C)C1=O. The second kappa shape index (κ2) is 7.50. The van der Waals surface area contributed by atoms with Gasteiger partial charge in [-0.1, -0.05) is 0 Å². The molecule has 0 radical (unpaired) electrons. The molecule has 10 nitrogen and oxygen atoms in total. The van der Waals surface area contributed by atoms with E-state index in [9.17, 15) is 29.3 Å². The number of hydrogen-bond donors (Lipinski definition) is 0. The highest BCUT2D eigenvalue weighted by Crippen LogP contribution is 2.29. The van der Waals surface area contributed by atoms with E-state index in [0.717, 1.165) is 12.1 Å². The van der Waals surface area contributed by atoms with Crippen LogP contribution in [0.15, 0.2) is 35.9 Å². The van der Waals surface area contributed by atoms with E-state index in [2.05, 4.69) is 0 Å². The monoisotopic (exact) mass is 398 g/mol. The molecule has 0 spiro atoms. The van der Waals surface area contributed by atoms with Crippen LogP contribution in [0.4, 0.5) is 10.5 Å². The van der Waals surface area contributed by atoms with E-state index in [1.807, 2.05) is 0 Å². The third-order valence-corrected chi connectivity index (χ3v) is 4.42. The summed E-state index contributed by atoms with van der Waals surface area (Å²) in [5.41, 5.74) is 0.196. The number of allylic oxidation sites excluding steroid dienone is 2. The van der Waals surface area contributed by atoms with E-state index in [0.29, 0.717) is 6.29 Å². The van der Waals surface area contributed by atoms with Gasteiger partial charge in [0.2, 0.25) is 5.78 Å². The topological polar surface area (TPSA) is 135 Å². The lowest BCUT2D eigenvalue weighted by atomic mass is 9.93. The molecular weight excluding hydrogens is 384 g/mol. The first-order chi connectivity index (χ1) is 13.7. The lowest BCUT2D eigenvalue weighted by Gasteiger charge is -2.10. The Morgan fingerprint density at radius 1 is 1.24 bits per heavy atom. The molecule has 0 N–H and O–H groups in total. The summed E-state index contributed by atoms with van der Waals surface area (Å²) in [6.07, 6.45) is 0.497. The first-order valence-electron chi connectivity index (χ1n) is 8.27. The fourth-order valence-electron chi connectivity index (χ4n) is 2.99. The second-order valence-electron chi connectivity index (χ2n) is 6.17. The normalized spacial score (nSPS) is 12.8. The van der Waals surface area contributed by atoms with E-state index < -0.39 is 29.3 Å². The van der Waals surface area contributed by atoms with Crippen molar-refractivity contribution in [2.24, 2.45) is 7.05 Å². The van der Waals surface area contributed by atoms with Crippen LogP contribution in [0, 0.1) is 10.1 Å². The standard InChI is InChI=1S/C19H14N2O8/c1-10-7-15(23)17-16(18(10)24)13(8-22)14(20(17)2)9-28-19(25)29-12-5-3-11(4-6-12)21(26)27/h3-8H,9H2,1-2H3. The number of benzene rings is 1. The third-order valence-electron chi connectivity index (χ3n) is 4.42. The molecule has 1 aromatic heterocycles. The largest absolute Gasteiger partial charge is 0.514 e. The molecule has 3 rings (SSSR count). The number of hydrogen-bond acceptors (Lipinski definition) is 8. The molecule has 1 aliphatic carbocycles. The first-order valence-corrected chi connectivity index (χ1v) is 8.27. The third kappa shape index (κ3) is 3.55. The van der Waals surface area contributed by atoms with Crippen LogP contribution in [0.25, 0.3) is 0 Å². The van der Waals surface area contributed by atoms with Gasteiger partial charge >= 0.3 is 6.16 Å². The smallest absolute Gasteiger partial charge is 0.428 e. The molecule has 0 aliphatic heterocycles. The molecule has 29 heavy (non-hydrogen) atoms. The highest BCUT2D eigenvalue weighted by atomic mass is 16.7. The van der Waals surface area contributed by atoms with Crippen molar-refractivity contribution >= 4 is 29.7 Å². The summed E-state index contributed by atoms with van der Waals surface area (Å²) < 4.78 is 11.2. The minimum atomic E-state index is -1.12. The number of Topliss-reactive ketones (excluding diaryl/α,β-unsaturated/α-hetero) is 1. The van der Waals surface area contributed by atoms with Crippen molar-refractivity contribution in [3.05, 3.63) is 68.5 Å². The van der Waals surface area contributed by atoms with Crippen LogP contribution in [0.2, 0.25) is 0 Å². The predicted molar refractivity (Wildman–Crippen MR) is 97.1 cm³/mol. The minimum absolute atomic E-state index is 0.0187. The molecule has 0 atom stereocenters. The van der Waals surface area contributed by atoms with Crippen molar-refractivity contribution in [3.63, 3.8) is 0 Å². The van der Waals surface area contributed by atoms with Gasteiger partial charge < -0.3 is 14.0 Å². The molecule has 0 saturated carbocycles. The Hall–Kier alpha value is -4.08. The summed E-state index contributed by atoms with van der Waals surface area (Å²) in [5.74, 6) is -0.855. The summed E-state index contributed by atoms with van der Waals surface area (Å²) >= 11 is 0. The Morgan fingerprint density at radius 2 is 1.90 bits per heavy atom. The number of nitrogens with zero attached hydrogens (tertiary/aromatic N) is 2. The van der Waals surface area contributed by atoms with E-state index in [1.54, 1.807) is 0 Å². The maximum absolute atomic E-state index is 12.4. The zero-order valence-electron chi connectivity index (χ0n) is 15.3. The highest BCUT2D eigenvalue weighted by Gasteiger charge is 2.33. The summed E-state index contributed by atoms with van der Waals surface area (Å²) in [6.45, 7) is 1.05. The lowest BCUT2D eigenvalue weighted by Crippen LogP contribution is -2.18. The average molecular weight is 398 g/mol. The number of aromatic nitrogens is 1. The van der Waals surface area contributed by atoms with Crippen LogP contribution in [-0.4, -0.2) is 33.5 Å². The Labute approximate surface area is 163 Å². The molecule has 0 unspecified atom stereocenters. The Morgan fingerprint density at radius 3 is 2.48 bits per heavy atom. The van der Waals surface area contributed by atoms with Crippen LogP contribution in [0.5, 0.6) is 5.75 Å². The van der Waals surface area contributed by atoms with Crippen molar-refractivity contribution in [1.29, 1.82) is 0 Å². The molecule has 2 aromatic rings. The fourth-order valence-corrected chi connectivity index (χ4v) is 2.99. The molecule has 0 fully saturated rings. The number of nitro benzene ring substituents is 1. The lowest BCUT2D eigenvalue weighted by molar-refractivity contribution is -0.384. The van der Waals surface area contributed by atoms with E-state index >= 15 is 0 Å². The summed E-state index contributed by atoms with van der Waals surface area (Å²) in [4.78, 5) is 58.2. The summed E-state index contributed by atoms with van der Waals surface area (Å²) in [5, 5.41) is 10.6. The number of carbonyl (C=O) groups is 4. The molecule has 0 bridgehead atoms. The van der Waals surface area contributed by atoms with Crippen LogP contribution < -0.4 is 4.74 Å². The maximum Gasteiger partial charge on any atom is 0.514 e. The molecular formula is C19H14N2O8. The zero-order valence-corrected chi connectivity index (χ0v) is 15.3. The van der Waals surface area contributed by atoms with Crippen LogP contribution in [0.1, 0.15) is 43.8 Å². The second-order valence-corrected chi connectivity index (χ2v) is 6.17. The van der Waals surface area contributed by atoms with E-state index in [-0.39, 0.29) is 39.5 Å². The number of nitro groups is 1. The summed E-state index contributed by atoms with van der Waals surface area (Å²) in [6, 6.07) is 4.77. The van der Waals surface area contributed by atoms with Gasteiger partial charge in [0.15, 0.2) is 12.1 Å². The molecule has 1 heterocycles. The Bertz CT molecular complexity index is 1090. The van der Waals surface area contributed by atoms with Crippen LogP contribution >= 0.6 is 0 Å². The average Bonchev–Trinajstić information content (AvgIpc) is 2.97. The number of rotatable bonds is 5. The molecule has 1 aromatic carbocycles. The number of ether oxygens (including phenoxy) is 2. The Kier molecular flexibility index (Phi) is 5.09. The highest BCUT2D eigenvalue weighted by molar-refractivity contribution is 6.26. The molecule has 10 heteroatoms. The number of carbonyl (C=O) groups excluding carboxylic acids is 4. The number of ketones is 2. The van der Waals surface area contributed by atoms with E-state index in [4.69, 9.17) is 9.47 Å². The van der Waals surface area contributed by atoms with Crippen LogP contribution in [0.3, 0.4) is 0 Å². The van der Waals surface area contributed by atoms with Crippen LogP contribution in [-0.2, 0) is 18.4 Å². The first kappa shape index (κ1) is 19.7. The van der Waals surface area contributed by atoms with Crippen molar-refractivity contribution in [2.45, 2.75) is 13.5 Å². The van der Waals surface area contributed by atoms with Gasteiger partial charge in [0.25, 0.3) is 5.69 Å². The Balaban J connectivity index is 1.78. The van der Waals surface area contributed by atoms with Gasteiger partial charge in [-0.05, 0) is 25.1 Å². The zero-order chi connectivity index (χ0) is 21.3. The summed E-state index contributed by atoms with van der Waals surface area (Å²) in [7, 11) is 1.48. The van der Waals surface area contributed by atoms with Gasteiger partial charge in [-0.3, -0.25) is 24.5 Å². The fraction of sp³-hybridized carbons (Fsp3) is 0.158. The van der Waals surface area contributed by atoms with Crippen molar-refractivity contribution in [3.8, 4) is 5.75 Å². The van der Waals surface area contributed by atoms with Gasteiger partial charge in [0, 0.05) is 24.8 Å². The van der Waals surface area contributed by atoms with Gasteiger partial charge in [-0.15, -0.1) is 0 Å². The number of fused-ring (bicyclic) bond motifs is 1. The molecule has 148 valence electrons. The van der Waals surface area contributed by atoms with Crippen molar-refractivity contribution in [2.75, 3.05) is 0 Å². The van der Waals surface area contributed by atoms with Gasteiger partial charge in [0.1, 0.15) is 18.1 Å². The van der Waals surface area contributed by atoms with Gasteiger partial charge in [0.05, 0.1) is 21.7 Å². The van der Waals surface area contributed by atoms with Gasteiger partial charge in [-0.25, -0.2) is 4.79 Å². The molecule has 1 aliphatic rings. The minimum Gasteiger partial charge on any atom is -0.428 e. The van der Waals surface area contributed by atoms with Crippen molar-refractivity contribution in [1.82, 2.24) is 4.57 Å². The van der Waals surface area contributed by atoms with Crippen molar-refractivity contribution < 1.29 is 33.6 Å². The molecule has 0 amide bonds. The number of aldehydes is 1. The van der Waals surface area contributed by atoms with E-state index in [1.165, 1.54) is 36.7 Å². The number of non-ortho nitro benzene ring substituents is 1. The predicted octanol–water partition coefficient (Wildman–Crippen LogP) is 2.79. The quantitative estimate of drug-likeness (QED) is 0.247.